The van der Waals surface area contributed by atoms with Gasteiger partial charge in [-0.25, -0.2) is 4.98 Å². The average Bonchev–Trinajstić information content (AvgIpc) is 2.62. The minimum Gasteiger partial charge on any atom is -0.493 e. The Morgan fingerprint density at radius 3 is 2.39 bits per heavy atom. The molecule has 3 rings (SSSR count). The zero-order chi connectivity index (χ0) is 16.2. The van der Waals surface area contributed by atoms with Gasteiger partial charge in [-0.2, -0.15) is 0 Å². The molecule has 0 amide bonds. The summed E-state index contributed by atoms with van der Waals surface area (Å²) in [7, 11) is 3.23. The van der Waals surface area contributed by atoms with Crippen LogP contribution in [0, 0.1) is 0 Å². The van der Waals surface area contributed by atoms with Crippen LogP contribution in [0.25, 0.3) is 22.3 Å². The summed E-state index contributed by atoms with van der Waals surface area (Å²) < 4.78 is 10.6. The van der Waals surface area contributed by atoms with Gasteiger partial charge in [0.2, 0.25) is 0 Å². The van der Waals surface area contributed by atoms with E-state index in [0.29, 0.717) is 17.3 Å². The number of methoxy groups -OCH3 is 2. The number of ether oxygens (including phenoxy) is 2. The number of hydrogen-bond acceptors (Lipinski definition) is 5. The third-order valence-corrected chi connectivity index (χ3v) is 3.61. The normalized spacial score (nSPS) is 10.3. The summed E-state index contributed by atoms with van der Waals surface area (Å²) in [5.41, 5.74) is 9.72. The second-order valence-corrected chi connectivity index (χ2v) is 4.97. The van der Waals surface area contributed by atoms with E-state index >= 15 is 0 Å². The van der Waals surface area contributed by atoms with E-state index in [0.717, 1.165) is 22.3 Å². The van der Waals surface area contributed by atoms with Crippen LogP contribution in [0.3, 0.4) is 0 Å². The molecule has 0 spiro atoms. The molecule has 0 saturated carbocycles. The SMILES string of the molecule is COc1ccc(-c2cnc(N)c(-c3cccnc3)c2)cc1OC. The van der Waals surface area contributed by atoms with Gasteiger partial charge >= 0.3 is 0 Å². The van der Waals surface area contributed by atoms with Gasteiger partial charge in [0.05, 0.1) is 14.2 Å². The second kappa shape index (κ2) is 6.36. The molecular formula is C18H17N3O2. The molecule has 0 fully saturated rings. The van der Waals surface area contributed by atoms with E-state index in [-0.39, 0.29) is 0 Å². The highest BCUT2D eigenvalue weighted by Gasteiger charge is 2.10. The molecule has 0 aliphatic rings. The first-order valence-corrected chi connectivity index (χ1v) is 7.11. The average molecular weight is 307 g/mol. The monoisotopic (exact) mass is 307 g/mol. The summed E-state index contributed by atoms with van der Waals surface area (Å²) in [6.45, 7) is 0. The summed E-state index contributed by atoms with van der Waals surface area (Å²) in [6.07, 6.45) is 5.24. The first-order valence-electron chi connectivity index (χ1n) is 7.11. The Labute approximate surface area is 134 Å². The van der Waals surface area contributed by atoms with Crippen molar-refractivity contribution >= 4 is 5.82 Å². The molecule has 1 aromatic carbocycles. The van der Waals surface area contributed by atoms with Gasteiger partial charge in [-0.3, -0.25) is 4.98 Å². The highest BCUT2D eigenvalue weighted by atomic mass is 16.5. The number of nitrogen functional groups attached to an aromatic ring is 1. The molecule has 0 bridgehead atoms. The molecule has 0 atom stereocenters. The number of pyridine rings is 2. The molecule has 5 heteroatoms. The quantitative estimate of drug-likeness (QED) is 0.800. The molecule has 0 radical (unpaired) electrons. The Balaban J connectivity index is 2.08. The molecule has 0 unspecified atom stereocenters. The van der Waals surface area contributed by atoms with Crippen LogP contribution in [0.15, 0.2) is 55.0 Å². The fourth-order valence-electron chi connectivity index (χ4n) is 2.40. The number of anilines is 1. The van der Waals surface area contributed by atoms with Crippen LogP contribution >= 0.6 is 0 Å². The van der Waals surface area contributed by atoms with Crippen LogP contribution in [-0.2, 0) is 0 Å². The largest absolute Gasteiger partial charge is 0.493 e. The van der Waals surface area contributed by atoms with E-state index in [2.05, 4.69) is 9.97 Å². The molecule has 0 saturated heterocycles. The maximum atomic E-state index is 6.02. The lowest BCUT2D eigenvalue weighted by atomic mass is 10.0. The third-order valence-electron chi connectivity index (χ3n) is 3.61. The van der Waals surface area contributed by atoms with Crippen LogP contribution in [-0.4, -0.2) is 24.2 Å². The first-order chi connectivity index (χ1) is 11.2. The van der Waals surface area contributed by atoms with Gasteiger partial charge in [0.25, 0.3) is 0 Å². The summed E-state index contributed by atoms with van der Waals surface area (Å²) in [6, 6.07) is 11.6. The Bertz CT molecular complexity index is 820. The van der Waals surface area contributed by atoms with Gasteiger partial charge < -0.3 is 15.2 Å². The van der Waals surface area contributed by atoms with Crippen molar-refractivity contribution in [3.8, 4) is 33.8 Å². The smallest absolute Gasteiger partial charge is 0.161 e. The number of aromatic nitrogens is 2. The predicted molar refractivity (Wildman–Crippen MR) is 90.4 cm³/mol. The summed E-state index contributed by atoms with van der Waals surface area (Å²) in [5.74, 6) is 1.83. The molecule has 5 nitrogen and oxygen atoms in total. The van der Waals surface area contributed by atoms with E-state index in [9.17, 15) is 0 Å². The summed E-state index contributed by atoms with van der Waals surface area (Å²) in [4.78, 5) is 8.44. The predicted octanol–water partition coefficient (Wildman–Crippen LogP) is 3.41. The van der Waals surface area contributed by atoms with Crippen LogP contribution < -0.4 is 15.2 Å². The highest BCUT2D eigenvalue weighted by molar-refractivity contribution is 5.79. The molecule has 0 aliphatic heterocycles. The van der Waals surface area contributed by atoms with E-state index in [1.54, 1.807) is 32.8 Å². The molecular weight excluding hydrogens is 290 g/mol. The van der Waals surface area contributed by atoms with Crippen LogP contribution in [0.1, 0.15) is 0 Å². The number of nitrogens with zero attached hydrogens (tertiary/aromatic N) is 2. The molecule has 2 aromatic heterocycles. The van der Waals surface area contributed by atoms with Gasteiger partial charge in [-0.15, -0.1) is 0 Å². The van der Waals surface area contributed by atoms with Crippen molar-refractivity contribution in [2.75, 3.05) is 20.0 Å². The standard InChI is InChI=1S/C18H17N3O2/c1-22-16-6-5-12(9-17(16)23-2)14-8-15(18(19)21-11-14)13-4-3-7-20-10-13/h3-11H,1-2H3,(H2,19,21). The Kier molecular flexibility index (Phi) is 4.10. The van der Waals surface area contributed by atoms with Crippen molar-refractivity contribution in [2.24, 2.45) is 0 Å². The summed E-state index contributed by atoms with van der Waals surface area (Å²) >= 11 is 0. The Morgan fingerprint density at radius 2 is 1.70 bits per heavy atom. The third kappa shape index (κ3) is 2.94. The molecule has 2 N–H and O–H groups in total. The molecule has 23 heavy (non-hydrogen) atoms. The summed E-state index contributed by atoms with van der Waals surface area (Å²) in [5, 5.41) is 0. The molecule has 2 heterocycles. The van der Waals surface area contributed by atoms with Crippen molar-refractivity contribution in [2.45, 2.75) is 0 Å². The van der Waals surface area contributed by atoms with E-state index < -0.39 is 0 Å². The number of hydrogen-bond donors (Lipinski definition) is 1. The minimum absolute atomic E-state index is 0.474. The van der Waals surface area contributed by atoms with E-state index in [4.69, 9.17) is 15.2 Å². The first kappa shape index (κ1) is 14.8. The Morgan fingerprint density at radius 1 is 0.870 bits per heavy atom. The zero-order valence-electron chi connectivity index (χ0n) is 13.0. The van der Waals surface area contributed by atoms with Gasteiger partial charge in [-0.1, -0.05) is 12.1 Å². The molecule has 0 aliphatic carbocycles. The van der Waals surface area contributed by atoms with Gasteiger partial charge in [-0.05, 0) is 29.8 Å². The fourth-order valence-corrected chi connectivity index (χ4v) is 2.40. The lowest BCUT2D eigenvalue weighted by molar-refractivity contribution is 0.355. The van der Waals surface area contributed by atoms with Crippen molar-refractivity contribution in [1.82, 2.24) is 9.97 Å². The van der Waals surface area contributed by atoms with Crippen LogP contribution in [0.2, 0.25) is 0 Å². The highest BCUT2D eigenvalue weighted by Crippen LogP contribution is 2.34. The lowest BCUT2D eigenvalue weighted by Gasteiger charge is -2.11. The number of benzene rings is 1. The molecule has 116 valence electrons. The van der Waals surface area contributed by atoms with Gasteiger partial charge in [0.1, 0.15) is 5.82 Å². The minimum atomic E-state index is 0.474. The maximum Gasteiger partial charge on any atom is 0.161 e. The fraction of sp³-hybridized carbons (Fsp3) is 0.111. The van der Waals surface area contributed by atoms with E-state index in [1.165, 1.54) is 0 Å². The molecule has 3 aromatic rings. The van der Waals surface area contributed by atoms with E-state index in [1.807, 2.05) is 36.4 Å². The van der Waals surface area contributed by atoms with Crippen LogP contribution in [0.5, 0.6) is 11.5 Å². The second-order valence-electron chi connectivity index (χ2n) is 4.97. The van der Waals surface area contributed by atoms with Gasteiger partial charge in [0, 0.05) is 35.3 Å². The van der Waals surface area contributed by atoms with Crippen molar-refractivity contribution in [3.05, 3.63) is 55.0 Å². The maximum absolute atomic E-state index is 6.02. The van der Waals surface area contributed by atoms with Crippen molar-refractivity contribution < 1.29 is 9.47 Å². The number of rotatable bonds is 4. The van der Waals surface area contributed by atoms with Crippen molar-refractivity contribution in [1.29, 1.82) is 0 Å². The lowest BCUT2D eigenvalue weighted by Crippen LogP contribution is -1.96. The Hall–Kier alpha value is -3.08. The van der Waals surface area contributed by atoms with Gasteiger partial charge in [0.15, 0.2) is 11.5 Å². The topological polar surface area (TPSA) is 70.3 Å². The van der Waals surface area contributed by atoms with Crippen molar-refractivity contribution in [3.63, 3.8) is 0 Å². The van der Waals surface area contributed by atoms with Crippen LogP contribution in [0.4, 0.5) is 5.82 Å². The number of nitrogens with two attached hydrogens (primary N) is 1. The zero-order valence-corrected chi connectivity index (χ0v) is 13.0.